The normalized spacial score (nSPS) is 20.7. The van der Waals surface area contributed by atoms with Crippen LogP contribution < -0.4 is 5.73 Å². The Morgan fingerprint density at radius 2 is 2.11 bits per heavy atom. The van der Waals surface area contributed by atoms with E-state index in [1.54, 1.807) is 0 Å². The Kier molecular flexibility index (Phi) is 5.13. The molecular weight excluding hydrogens is 347 g/mol. The van der Waals surface area contributed by atoms with Crippen molar-refractivity contribution in [1.82, 2.24) is 4.31 Å². The summed E-state index contributed by atoms with van der Waals surface area (Å²) in [4.78, 5) is 0.0769. The second-order valence-corrected chi connectivity index (χ2v) is 6.75. The summed E-state index contributed by atoms with van der Waals surface area (Å²) in [5, 5.41) is 0. The van der Waals surface area contributed by atoms with Crippen molar-refractivity contribution in [3.8, 4) is 0 Å². The average molecular weight is 360 g/mol. The Morgan fingerprint density at radius 3 is 2.61 bits per heavy atom. The van der Waals surface area contributed by atoms with Crippen LogP contribution in [0.5, 0.6) is 0 Å². The highest BCUT2D eigenvalue weighted by Gasteiger charge is 2.32. The van der Waals surface area contributed by atoms with Gasteiger partial charge in [-0.05, 0) is 40.5 Å². The van der Waals surface area contributed by atoms with Crippen molar-refractivity contribution in [1.29, 1.82) is 0 Å². The van der Waals surface area contributed by atoms with Gasteiger partial charge in [-0.15, -0.1) is 12.4 Å². The van der Waals surface area contributed by atoms with Crippen molar-refractivity contribution < 1.29 is 12.8 Å². The van der Waals surface area contributed by atoms with Crippen molar-refractivity contribution in [2.45, 2.75) is 17.4 Å². The zero-order chi connectivity index (χ0) is 12.6. The summed E-state index contributed by atoms with van der Waals surface area (Å²) in [6, 6.07) is 3.42. The largest absolute Gasteiger partial charge is 0.326 e. The summed E-state index contributed by atoms with van der Waals surface area (Å²) >= 11 is 3.07. The second kappa shape index (κ2) is 5.83. The summed E-state index contributed by atoms with van der Waals surface area (Å²) in [7, 11) is -3.58. The summed E-state index contributed by atoms with van der Waals surface area (Å²) in [6.45, 7) is 0.722. The predicted molar refractivity (Wildman–Crippen MR) is 72.7 cm³/mol. The molecule has 0 radical (unpaired) electrons. The van der Waals surface area contributed by atoms with E-state index < -0.39 is 15.8 Å². The van der Waals surface area contributed by atoms with Crippen LogP contribution in [0.15, 0.2) is 27.6 Å². The minimum Gasteiger partial charge on any atom is -0.326 e. The molecule has 2 rings (SSSR count). The van der Waals surface area contributed by atoms with Gasteiger partial charge in [0, 0.05) is 23.6 Å². The molecule has 0 saturated carbocycles. The van der Waals surface area contributed by atoms with Crippen molar-refractivity contribution in [3.63, 3.8) is 0 Å². The van der Waals surface area contributed by atoms with Crippen LogP contribution >= 0.6 is 28.3 Å². The van der Waals surface area contributed by atoms with Gasteiger partial charge in [0.05, 0.1) is 4.90 Å². The van der Waals surface area contributed by atoms with E-state index in [2.05, 4.69) is 15.9 Å². The van der Waals surface area contributed by atoms with Crippen LogP contribution in [0, 0.1) is 5.82 Å². The number of halogens is 3. The Bertz CT molecular complexity index is 541. The highest BCUT2D eigenvalue weighted by atomic mass is 79.9. The van der Waals surface area contributed by atoms with E-state index in [0.717, 1.165) is 12.1 Å². The van der Waals surface area contributed by atoms with E-state index in [4.69, 9.17) is 5.73 Å². The van der Waals surface area contributed by atoms with Gasteiger partial charge in [0.25, 0.3) is 0 Å². The maximum Gasteiger partial charge on any atom is 0.244 e. The lowest BCUT2D eigenvalue weighted by molar-refractivity contribution is 0.472. The third-order valence-electron chi connectivity index (χ3n) is 2.70. The van der Waals surface area contributed by atoms with Crippen molar-refractivity contribution in [2.75, 3.05) is 13.1 Å². The number of nitrogens with zero attached hydrogens (tertiary/aromatic N) is 1. The number of hydrogen-bond donors (Lipinski definition) is 1. The molecule has 0 amide bonds. The van der Waals surface area contributed by atoms with Crippen molar-refractivity contribution >= 4 is 38.4 Å². The van der Waals surface area contributed by atoms with E-state index in [0.29, 0.717) is 19.5 Å². The molecule has 0 aromatic heterocycles. The van der Waals surface area contributed by atoms with Gasteiger partial charge in [-0.25, -0.2) is 12.8 Å². The fraction of sp³-hybridized carbons (Fsp3) is 0.400. The maximum atomic E-state index is 12.9. The van der Waals surface area contributed by atoms with Crippen LogP contribution in [0.3, 0.4) is 0 Å². The van der Waals surface area contributed by atoms with E-state index in [-0.39, 0.29) is 27.8 Å². The Hall–Kier alpha value is -0.210. The summed E-state index contributed by atoms with van der Waals surface area (Å²) in [5.74, 6) is -0.478. The maximum absolute atomic E-state index is 12.9. The first kappa shape index (κ1) is 15.8. The minimum atomic E-state index is -3.58. The molecule has 0 spiro atoms. The number of nitrogens with two attached hydrogens (primary N) is 1. The number of benzene rings is 1. The molecule has 8 heteroatoms. The van der Waals surface area contributed by atoms with Crippen LogP contribution in [0.25, 0.3) is 0 Å². The predicted octanol–water partition coefficient (Wildman–Crippen LogP) is 1.73. The Morgan fingerprint density at radius 1 is 1.44 bits per heavy atom. The van der Waals surface area contributed by atoms with E-state index in [1.165, 1.54) is 10.4 Å². The van der Waals surface area contributed by atoms with E-state index in [1.807, 2.05) is 0 Å². The minimum absolute atomic E-state index is 0. The highest BCUT2D eigenvalue weighted by molar-refractivity contribution is 9.10. The molecule has 4 nitrogen and oxygen atoms in total. The lowest BCUT2D eigenvalue weighted by Crippen LogP contribution is -2.32. The lowest BCUT2D eigenvalue weighted by atomic mass is 10.3. The van der Waals surface area contributed by atoms with Gasteiger partial charge in [0.15, 0.2) is 0 Å². The molecule has 1 aliphatic heterocycles. The molecule has 1 aliphatic rings. The van der Waals surface area contributed by atoms with Crippen LogP contribution in [0.2, 0.25) is 0 Å². The van der Waals surface area contributed by atoms with Crippen LogP contribution in [0.1, 0.15) is 6.42 Å². The molecule has 1 atom stereocenters. The first-order valence-electron chi connectivity index (χ1n) is 5.12. The van der Waals surface area contributed by atoms with Gasteiger partial charge in [-0.3, -0.25) is 0 Å². The Balaban J connectivity index is 0.00000162. The lowest BCUT2D eigenvalue weighted by Gasteiger charge is -2.16. The zero-order valence-electron chi connectivity index (χ0n) is 9.34. The molecular formula is C10H13BrClFN2O2S. The zero-order valence-corrected chi connectivity index (χ0v) is 12.6. The number of hydrogen-bond acceptors (Lipinski definition) is 3. The third-order valence-corrected chi connectivity index (χ3v) is 5.54. The summed E-state index contributed by atoms with van der Waals surface area (Å²) in [6.07, 6.45) is 0.651. The van der Waals surface area contributed by atoms with Crippen molar-refractivity contribution in [2.24, 2.45) is 5.73 Å². The number of sulfonamides is 1. The fourth-order valence-electron chi connectivity index (χ4n) is 1.80. The number of rotatable bonds is 2. The van der Waals surface area contributed by atoms with E-state index >= 15 is 0 Å². The summed E-state index contributed by atoms with van der Waals surface area (Å²) in [5.41, 5.74) is 5.68. The van der Waals surface area contributed by atoms with Gasteiger partial charge in [-0.1, -0.05) is 0 Å². The van der Waals surface area contributed by atoms with Crippen LogP contribution in [-0.2, 0) is 10.0 Å². The molecule has 102 valence electrons. The molecule has 0 aliphatic carbocycles. The first-order valence-corrected chi connectivity index (χ1v) is 7.35. The Labute approximate surface area is 120 Å². The van der Waals surface area contributed by atoms with Crippen LogP contribution in [0.4, 0.5) is 4.39 Å². The van der Waals surface area contributed by atoms with Gasteiger partial charge in [-0.2, -0.15) is 4.31 Å². The van der Waals surface area contributed by atoms with E-state index in [9.17, 15) is 12.8 Å². The average Bonchev–Trinajstić information content (AvgIpc) is 2.64. The highest BCUT2D eigenvalue weighted by Crippen LogP contribution is 2.27. The molecule has 1 heterocycles. The van der Waals surface area contributed by atoms with Crippen molar-refractivity contribution in [3.05, 3.63) is 28.5 Å². The molecule has 1 fully saturated rings. The van der Waals surface area contributed by atoms with Crippen LogP contribution in [-0.4, -0.2) is 31.9 Å². The van der Waals surface area contributed by atoms with Gasteiger partial charge >= 0.3 is 0 Å². The molecule has 1 aromatic carbocycles. The third kappa shape index (κ3) is 3.03. The smallest absolute Gasteiger partial charge is 0.244 e. The second-order valence-electron chi connectivity index (χ2n) is 3.99. The molecule has 1 unspecified atom stereocenters. The summed E-state index contributed by atoms with van der Waals surface area (Å²) < 4.78 is 38.9. The molecule has 0 bridgehead atoms. The topological polar surface area (TPSA) is 63.4 Å². The monoisotopic (exact) mass is 358 g/mol. The SMILES string of the molecule is Cl.NC1CCN(S(=O)(=O)c2ccc(F)cc2Br)C1. The molecule has 1 saturated heterocycles. The van der Waals surface area contributed by atoms with Gasteiger partial charge < -0.3 is 5.73 Å². The molecule has 18 heavy (non-hydrogen) atoms. The quantitative estimate of drug-likeness (QED) is 0.875. The molecule has 2 N–H and O–H groups in total. The first-order chi connectivity index (χ1) is 7.91. The van der Waals surface area contributed by atoms with Gasteiger partial charge in [0.1, 0.15) is 5.82 Å². The van der Waals surface area contributed by atoms with Gasteiger partial charge in [0.2, 0.25) is 10.0 Å². The fourth-order valence-corrected chi connectivity index (χ4v) is 4.32. The molecule has 1 aromatic rings. The standard InChI is InChI=1S/C10H12BrFN2O2S.ClH/c11-9-5-7(12)1-2-10(9)17(15,16)14-4-3-8(13)6-14;/h1-2,5,8H,3-4,6,13H2;1H.